The molecule has 0 aliphatic heterocycles. The molecule has 0 unspecified atom stereocenters. The summed E-state index contributed by atoms with van der Waals surface area (Å²) < 4.78 is 5.50. The fraction of sp³-hybridized carbons (Fsp3) is 0.188. The molecular formula is C16H16O3. The average Bonchev–Trinajstić information content (AvgIpc) is 2.43. The molecule has 98 valence electrons. The first kappa shape index (κ1) is 13.1. The van der Waals surface area contributed by atoms with E-state index in [1.54, 1.807) is 24.5 Å². The molecule has 0 saturated carbocycles. The zero-order chi connectivity index (χ0) is 13.7. The van der Waals surface area contributed by atoms with Crippen molar-refractivity contribution in [3.63, 3.8) is 0 Å². The van der Waals surface area contributed by atoms with Gasteiger partial charge in [0.05, 0.1) is 11.8 Å². The van der Waals surface area contributed by atoms with E-state index < -0.39 is 5.97 Å². The van der Waals surface area contributed by atoms with Gasteiger partial charge in [0, 0.05) is 0 Å². The van der Waals surface area contributed by atoms with Gasteiger partial charge in [0.25, 0.3) is 0 Å². The van der Waals surface area contributed by atoms with Gasteiger partial charge in [-0.05, 0) is 47.5 Å². The average molecular weight is 256 g/mol. The standard InChI is InChI=1S/C16H16O3/c1-2-3-4-9-19-15-8-7-12-10-14(16(17)18)6-5-13(12)11-15/h4-11H,2-3H2,1H3,(H,17,18)/b9-4+. The van der Waals surface area contributed by atoms with Crippen molar-refractivity contribution in [2.24, 2.45) is 0 Å². The highest BCUT2D eigenvalue weighted by atomic mass is 16.5. The van der Waals surface area contributed by atoms with Gasteiger partial charge in [-0.2, -0.15) is 0 Å². The molecular weight excluding hydrogens is 240 g/mol. The second-order valence-corrected chi connectivity index (χ2v) is 4.31. The first-order valence-electron chi connectivity index (χ1n) is 6.29. The SMILES string of the molecule is CCC/C=C/Oc1ccc2cc(C(=O)O)ccc2c1. The van der Waals surface area contributed by atoms with Crippen LogP contribution in [0.5, 0.6) is 5.75 Å². The minimum absolute atomic E-state index is 0.295. The van der Waals surface area contributed by atoms with E-state index in [1.807, 2.05) is 24.3 Å². The van der Waals surface area contributed by atoms with Crippen LogP contribution in [-0.4, -0.2) is 11.1 Å². The van der Waals surface area contributed by atoms with Crippen LogP contribution < -0.4 is 4.74 Å². The van der Waals surface area contributed by atoms with Crippen molar-refractivity contribution in [3.05, 3.63) is 54.3 Å². The van der Waals surface area contributed by atoms with Crippen molar-refractivity contribution >= 4 is 16.7 Å². The maximum atomic E-state index is 10.9. The van der Waals surface area contributed by atoms with Crippen LogP contribution in [-0.2, 0) is 0 Å². The van der Waals surface area contributed by atoms with Gasteiger partial charge in [-0.15, -0.1) is 0 Å². The Morgan fingerprint density at radius 3 is 2.68 bits per heavy atom. The number of aromatic carboxylic acids is 1. The quantitative estimate of drug-likeness (QED) is 0.814. The molecule has 0 bridgehead atoms. The molecule has 19 heavy (non-hydrogen) atoms. The predicted octanol–water partition coefficient (Wildman–Crippen LogP) is 4.23. The number of carbonyl (C=O) groups is 1. The van der Waals surface area contributed by atoms with Gasteiger partial charge in [-0.3, -0.25) is 0 Å². The molecule has 2 aromatic rings. The summed E-state index contributed by atoms with van der Waals surface area (Å²) in [5.74, 6) is -0.160. The molecule has 0 fully saturated rings. The van der Waals surface area contributed by atoms with E-state index in [4.69, 9.17) is 9.84 Å². The summed E-state index contributed by atoms with van der Waals surface area (Å²) in [6.45, 7) is 2.11. The number of ether oxygens (including phenoxy) is 1. The summed E-state index contributed by atoms with van der Waals surface area (Å²) in [5, 5.41) is 10.8. The Hall–Kier alpha value is -2.29. The van der Waals surface area contributed by atoms with Gasteiger partial charge < -0.3 is 9.84 Å². The fourth-order valence-electron chi connectivity index (χ4n) is 1.79. The predicted molar refractivity (Wildman–Crippen MR) is 75.6 cm³/mol. The summed E-state index contributed by atoms with van der Waals surface area (Å²) in [6, 6.07) is 10.7. The highest BCUT2D eigenvalue weighted by Gasteiger charge is 2.04. The largest absolute Gasteiger partial charge is 0.478 e. The van der Waals surface area contributed by atoms with Crippen LogP contribution in [0.1, 0.15) is 30.1 Å². The summed E-state index contributed by atoms with van der Waals surface area (Å²) in [4.78, 5) is 10.9. The normalized spacial score (nSPS) is 11.0. The molecule has 3 nitrogen and oxygen atoms in total. The monoisotopic (exact) mass is 256 g/mol. The van der Waals surface area contributed by atoms with Crippen molar-refractivity contribution in [2.75, 3.05) is 0 Å². The topological polar surface area (TPSA) is 46.5 Å². The van der Waals surface area contributed by atoms with Gasteiger partial charge in [0.2, 0.25) is 0 Å². The smallest absolute Gasteiger partial charge is 0.335 e. The van der Waals surface area contributed by atoms with E-state index in [0.717, 1.165) is 29.4 Å². The molecule has 2 rings (SSSR count). The lowest BCUT2D eigenvalue weighted by atomic mass is 10.1. The number of rotatable bonds is 5. The second kappa shape index (κ2) is 6.05. The highest BCUT2D eigenvalue weighted by Crippen LogP contribution is 2.22. The van der Waals surface area contributed by atoms with Crippen LogP contribution in [0.3, 0.4) is 0 Å². The van der Waals surface area contributed by atoms with E-state index in [9.17, 15) is 4.79 Å². The van der Waals surface area contributed by atoms with Crippen LogP contribution in [0, 0.1) is 0 Å². The summed E-state index contributed by atoms with van der Waals surface area (Å²) in [6.07, 6.45) is 5.76. The van der Waals surface area contributed by atoms with Crippen LogP contribution in [0.25, 0.3) is 10.8 Å². The summed E-state index contributed by atoms with van der Waals surface area (Å²) in [7, 11) is 0. The molecule has 0 aromatic heterocycles. The Morgan fingerprint density at radius 1 is 1.21 bits per heavy atom. The molecule has 2 aromatic carbocycles. The number of fused-ring (bicyclic) bond motifs is 1. The molecule has 0 aliphatic carbocycles. The lowest BCUT2D eigenvalue weighted by Crippen LogP contribution is -1.95. The molecule has 0 aliphatic rings. The zero-order valence-corrected chi connectivity index (χ0v) is 10.8. The van der Waals surface area contributed by atoms with Crippen LogP contribution >= 0.6 is 0 Å². The van der Waals surface area contributed by atoms with Crippen molar-refractivity contribution < 1.29 is 14.6 Å². The van der Waals surface area contributed by atoms with E-state index in [2.05, 4.69) is 6.92 Å². The minimum atomic E-state index is -0.912. The molecule has 0 amide bonds. The lowest BCUT2D eigenvalue weighted by molar-refractivity contribution is 0.0697. The summed E-state index contributed by atoms with van der Waals surface area (Å²) >= 11 is 0. The number of carboxylic acid groups (broad SMARTS) is 1. The third-order valence-corrected chi connectivity index (χ3v) is 2.81. The number of benzene rings is 2. The number of unbranched alkanes of at least 4 members (excludes halogenated alkanes) is 1. The zero-order valence-electron chi connectivity index (χ0n) is 10.8. The molecule has 3 heteroatoms. The Morgan fingerprint density at radius 2 is 1.95 bits per heavy atom. The molecule has 0 saturated heterocycles. The highest BCUT2D eigenvalue weighted by molar-refractivity contribution is 5.94. The third-order valence-electron chi connectivity index (χ3n) is 2.81. The van der Waals surface area contributed by atoms with Gasteiger partial charge >= 0.3 is 5.97 Å². The number of hydrogen-bond donors (Lipinski definition) is 1. The van der Waals surface area contributed by atoms with Crippen molar-refractivity contribution in [1.82, 2.24) is 0 Å². The van der Waals surface area contributed by atoms with Crippen molar-refractivity contribution in [2.45, 2.75) is 19.8 Å². The molecule has 0 atom stereocenters. The Labute approximate surface area is 112 Å². The number of allylic oxidation sites excluding steroid dienone is 1. The lowest BCUT2D eigenvalue weighted by Gasteiger charge is -2.04. The Bertz CT molecular complexity index is 614. The van der Waals surface area contributed by atoms with Crippen molar-refractivity contribution in [1.29, 1.82) is 0 Å². The van der Waals surface area contributed by atoms with Gasteiger partial charge in [-0.1, -0.05) is 25.5 Å². The summed E-state index contributed by atoms with van der Waals surface area (Å²) in [5.41, 5.74) is 0.295. The molecule has 0 radical (unpaired) electrons. The van der Waals surface area contributed by atoms with Gasteiger partial charge in [0.1, 0.15) is 5.75 Å². The van der Waals surface area contributed by atoms with Crippen molar-refractivity contribution in [3.8, 4) is 5.75 Å². The third kappa shape index (κ3) is 3.35. The first-order chi connectivity index (χ1) is 9.20. The fourth-order valence-corrected chi connectivity index (χ4v) is 1.79. The minimum Gasteiger partial charge on any atom is -0.478 e. The molecule has 0 spiro atoms. The molecule has 0 heterocycles. The van der Waals surface area contributed by atoms with E-state index in [-0.39, 0.29) is 0 Å². The van der Waals surface area contributed by atoms with Gasteiger partial charge in [-0.25, -0.2) is 4.79 Å². The van der Waals surface area contributed by atoms with Crippen LogP contribution in [0.2, 0.25) is 0 Å². The Kier molecular flexibility index (Phi) is 4.18. The first-order valence-corrected chi connectivity index (χ1v) is 6.29. The maximum Gasteiger partial charge on any atom is 0.335 e. The maximum absolute atomic E-state index is 10.9. The number of carboxylic acids is 1. The van der Waals surface area contributed by atoms with Crippen LogP contribution in [0.15, 0.2) is 48.7 Å². The van der Waals surface area contributed by atoms with E-state index in [1.165, 1.54) is 0 Å². The van der Waals surface area contributed by atoms with Gasteiger partial charge in [0.15, 0.2) is 0 Å². The van der Waals surface area contributed by atoms with E-state index >= 15 is 0 Å². The number of hydrogen-bond acceptors (Lipinski definition) is 2. The van der Waals surface area contributed by atoms with E-state index in [0.29, 0.717) is 5.56 Å². The second-order valence-electron chi connectivity index (χ2n) is 4.31. The van der Waals surface area contributed by atoms with Crippen LogP contribution in [0.4, 0.5) is 0 Å². The Balaban J connectivity index is 2.21. The molecule has 1 N–H and O–H groups in total.